The Labute approximate surface area is 168 Å². The van der Waals surface area contributed by atoms with Gasteiger partial charge in [-0.05, 0) is 43.3 Å². The molecular weight excluding hydrogens is 370 g/mol. The highest BCUT2D eigenvalue weighted by atomic mass is 32.2. The normalized spacial score (nSPS) is 10.2. The average Bonchev–Trinajstić information content (AvgIpc) is 2.73. The largest absolute Gasteiger partial charge is 0.496 e. The van der Waals surface area contributed by atoms with Crippen LogP contribution < -0.4 is 4.74 Å². The molecule has 3 aromatic carbocycles. The summed E-state index contributed by atoms with van der Waals surface area (Å²) in [5.41, 5.74) is 2.92. The fraction of sp³-hybridized carbons (Fsp3) is 0.130. The molecule has 0 heterocycles. The molecule has 0 amide bonds. The zero-order valence-corrected chi connectivity index (χ0v) is 16.5. The number of ether oxygens (including phenoxy) is 2. The molecule has 0 spiro atoms. The summed E-state index contributed by atoms with van der Waals surface area (Å²) in [4.78, 5) is 14.3. The van der Waals surface area contributed by atoms with Crippen molar-refractivity contribution < 1.29 is 14.3 Å². The van der Waals surface area contributed by atoms with Gasteiger partial charge in [0.1, 0.15) is 18.4 Å². The fourth-order valence-corrected chi connectivity index (χ4v) is 3.75. The molecule has 0 aliphatic heterocycles. The number of benzene rings is 3. The summed E-state index contributed by atoms with van der Waals surface area (Å²) >= 11 is 1.38. The Kier molecular flexibility index (Phi) is 6.36. The molecule has 3 rings (SSSR count). The van der Waals surface area contributed by atoms with Gasteiger partial charge in [0.25, 0.3) is 0 Å². The lowest BCUT2D eigenvalue weighted by Crippen LogP contribution is -2.07. The summed E-state index contributed by atoms with van der Waals surface area (Å²) in [6.45, 7) is 2.10. The summed E-state index contributed by atoms with van der Waals surface area (Å²) in [7, 11) is 1.59. The van der Waals surface area contributed by atoms with Gasteiger partial charge < -0.3 is 9.47 Å². The molecule has 4 nitrogen and oxygen atoms in total. The highest BCUT2D eigenvalue weighted by Gasteiger charge is 2.16. The lowest BCUT2D eigenvalue weighted by molar-refractivity contribution is 0.0466. The Morgan fingerprint density at radius 3 is 2.50 bits per heavy atom. The number of hydrogen-bond acceptors (Lipinski definition) is 5. The first-order chi connectivity index (χ1) is 13.6. The number of esters is 1. The molecule has 140 valence electrons. The van der Waals surface area contributed by atoms with Gasteiger partial charge in [0.15, 0.2) is 0 Å². The first-order valence-electron chi connectivity index (χ1n) is 8.69. The van der Waals surface area contributed by atoms with E-state index < -0.39 is 5.97 Å². The van der Waals surface area contributed by atoms with E-state index in [0.29, 0.717) is 16.9 Å². The zero-order chi connectivity index (χ0) is 19.9. The number of methoxy groups -OCH3 is 1. The van der Waals surface area contributed by atoms with Gasteiger partial charge in [-0.2, -0.15) is 5.26 Å². The van der Waals surface area contributed by atoms with Crippen LogP contribution in [0.2, 0.25) is 0 Å². The third-order valence-electron chi connectivity index (χ3n) is 4.13. The maximum Gasteiger partial charge on any atom is 0.339 e. The quantitative estimate of drug-likeness (QED) is 0.530. The van der Waals surface area contributed by atoms with Crippen molar-refractivity contribution in [3.8, 4) is 11.8 Å². The molecule has 0 atom stereocenters. The first-order valence-corrected chi connectivity index (χ1v) is 9.50. The highest BCUT2D eigenvalue weighted by molar-refractivity contribution is 7.99. The molecule has 0 saturated heterocycles. The van der Waals surface area contributed by atoms with Gasteiger partial charge in [-0.3, -0.25) is 0 Å². The number of carbonyl (C=O) groups is 1. The molecule has 0 aromatic heterocycles. The zero-order valence-electron chi connectivity index (χ0n) is 15.6. The lowest BCUT2D eigenvalue weighted by Gasteiger charge is -2.12. The Bertz CT molecular complexity index is 1040. The van der Waals surface area contributed by atoms with Gasteiger partial charge in [-0.15, -0.1) is 0 Å². The van der Waals surface area contributed by atoms with E-state index in [4.69, 9.17) is 9.47 Å². The van der Waals surface area contributed by atoms with E-state index in [9.17, 15) is 10.1 Å². The molecule has 3 aromatic rings. The van der Waals surface area contributed by atoms with Crippen LogP contribution in [-0.2, 0) is 11.3 Å². The molecule has 5 heteroatoms. The standard InChI is InChI=1S/C23H19NO3S/c1-16-11-12-20(26-2)18(13-16)15-27-23(25)19-8-4-6-10-22(19)28-21-9-5-3-7-17(21)14-24/h3-13H,15H2,1-2H3. The van der Waals surface area contributed by atoms with E-state index >= 15 is 0 Å². The monoisotopic (exact) mass is 389 g/mol. The van der Waals surface area contributed by atoms with Crippen molar-refractivity contribution >= 4 is 17.7 Å². The van der Waals surface area contributed by atoms with E-state index in [-0.39, 0.29) is 6.61 Å². The molecule has 0 bridgehead atoms. The molecular formula is C23H19NO3S. The van der Waals surface area contributed by atoms with E-state index in [0.717, 1.165) is 20.9 Å². The van der Waals surface area contributed by atoms with Crippen LogP contribution >= 0.6 is 11.8 Å². The average molecular weight is 389 g/mol. The third kappa shape index (κ3) is 4.54. The van der Waals surface area contributed by atoms with E-state index in [1.807, 2.05) is 55.5 Å². The van der Waals surface area contributed by atoms with Crippen molar-refractivity contribution in [3.63, 3.8) is 0 Å². The van der Waals surface area contributed by atoms with Crippen LogP contribution in [0.1, 0.15) is 27.0 Å². The van der Waals surface area contributed by atoms with Crippen molar-refractivity contribution in [2.24, 2.45) is 0 Å². The van der Waals surface area contributed by atoms with Crippen molar-refractivity contribution in [1.82, 2.24) is 0 Å². The SMILES string of the molecule is COc1ccc(C)cc1COC(=O)c1ccccc1Sc1ccccc1C#N. The minimum absolute atomic E-state index is 0.122. The second kappa shape index (κ2) is 9.12. The number of carbonyl (C=O) groups excluding carboxylic acids is 1. The first kappa shape index (κ1) is 19.5. The Hall–Kier alpha value is -3.23. The van der Waals surface area contributed by atoms with Crippen LogP contribution in [-0.4, -0.2) is 13.1 Å². The van der Waals surface area contributed by atoms with Gasteiger partial charge in [0, 0.05) is 15.4 Å². The van der Waals surface area contributed by atoms with E-state index in [2.05, 4.69) is 6.07 Å². The predicted molar refractivity (Wildman–Crippen MR) is 109 cm³/mol. The molecule has 0 N–H and O–H groups in total. The molecule has 0 fully saturated rings. The van der Waals surface area contributed by atoms with Crippen molar-refractivity contribution in [1.29, 1.82) is 5.26 Å². The van der Waals surface area contributed by atoms with Crippen molar-refractivity contribution in [3.05, 3.63) is 89.0 Å². The van der Waals surface area contributed by atoms with Gasteiger partial charge in [0.05, 0.1) is 18.2 Å². The Balaban J connectivity index is 1.80. The summed E-state index contributed by atoms with van der Waals surface area (Å²) in [5, 5.41) is 9.29. The van der Waals surface area contributed by atoms with E-state index in [1.165, 1.54) is 11.8 Å². The van der Waals surface area contributed by atoms with Crippen molar-refractivity contribution in [2.75, 3.05) is 7.11 Å². The molecule has 28 heavy (non-hydrogen) atoms. The predicted octanol–water partition coefficient (Wildman–Crippen LogP) is 5.38. The van der Waals surface area contributed by atoms with Crippen LogP contribution in [0.15, 0.2) is 76.5 Å². The van der Waals surface area contributed by atoms with Crippen LogP contribution in [0, 0.1) is 18.3 Å². The van der Waals surface area contributed by atoms with Crippen molar-refractivity contribution in [2.45, 2.75) is 23.3 Å². The molecule has 0 saturated carbocycles. The maximum atomic E-state index is 12.7. The molecule has 0 unspecified atom stereocenters. The molecule has 0 radical (unpaired) electrons. The van der Waals surface area contributed by atoms with Gasteiger partial charge >= 0.3 is 5.97 Å². The summed E-state index contributed by atoms with van der Waals surface area (Å²) in [6, 6.07) is 22.5. The molecule has 0 aliphatic rings. The number of rotatable bonds is 6. The van der Waals surface area contributed by atoms with Gasteiger partial charge in [-0.25, -0.2) is 4.79 Å². The van der Waals surface area contributed by atoms with Crippen LogP contribution in [0.5, 0.6) is 5.75 Å². The number of nitrogens with zero attached hydrogens (tertiary/aromatic N) is 1. The summed E-state index contributed by atoms with van der Waals surface area (Å²) < 4.78 is 10.9. The van der Waals surface area contributed by atoms with E-state index in [1.54, 1.807) is 25.3 Å². The minimum Gasteiger partial charge on any atom is -0.496 e. The third-order valence-corrected chi connectivity index (χ3v) is 5.28. The topological polar surface area (TPSA) is 59.3 Å². The minimum atomic E-state index is -0.416. The number of aryl methyl sites for hydroxylation is 1. The summed E-state index contributed by atoms with van der Waals surface area (Å²) in [6.07, 6.45) is 0. The van der Waals surface area contributed by atoms with Crippen LogP contribution in [0.25, 0.3) is 0 Å². The van der Waals surface area contributed by atoms with Gasteiger partial charge in [-0.1, -0.05) is 47.7 Å². The summed E-state index contributed by atoms with van der Waals surface area (Å²) in [5.74, 6) is 0.269. The van der Waals surface area contributed by atoms with Crippen LogP contribution in [0.3, 0.4) is 0 Å². The Morgan fingerprint density at radius 2 is 1.75 bits per heavy atom. The second-order valence-electron chi connectivity index (χ2n) is 6.10. The molecule has 0 aliphatic carbocycles. The van der Waals surface area contributed by atoms with Crippen LogP contribution in [0.4, 0.5) is 0 Å². The fourth-order valence-electron chi connectivity index (χ4n) is 2.73. The maximum absolute atomic E-state index is 12.7. The number of hydrogen-bond donors (Lipinski definition) is 0. The smallest absolute Gasteiger partial charge is 0.339 e. The second-order valence-corrected chi connectivity index (χ2v) is 7.18. The highest BCUT2D eigenvalue weighted by Crippen LogP contribution is 2.33. The Morgan fingerprint density at radius 1 is 1.04 bits per heavy atom. The van der Waals surface area contributed by atoms with Gasteiger partial charge in [0.2, 0.25) is 0 Å². The lowest BCUT2D eigenvalue weighted by atomic mass is 10.1. The number of nitriles is 1.